The Bertz CT molecular complexity index is 775. The minimum atomic E-state index is -0.685. The maximum atomic E-state index is 12.4. The van der Waals surface area contributed by atoms with Gasteiger partial charge in [-0.25, -0.2) is 0 Å². The van der Waals surface area contributed by atoms with Crippen LogP contribution in [0.4, 0.5) is 11.4 Å². The van der Waals surface area contributed by atoms with E-state index in [0.717, 1.165) is 11.3 Å². The average Bonchev–Trinajstić information content (AvgIpc) is 3.18. The first-order valence-electron chi connectivity index (χ1n) is 6.64. The summed E-state index contributed by atoms with van der Waals surface area (Å²) in [6.07, 6.45) is 2.34. The summed E-state index contributed by atoms with van der Waals surface area (Å²) < 4.78 is 0. The van der Waals surface area contributed by atoms with Crippen molar-refractivity contribution in [2.75, 3.05) is 5.32 Å². The van der Waals surface area contributed by atoms with Gasteiger partial charge in [-0.1, -0.05) is 6.07 Å². The zero-order valence-electron chi connectivity index (χ0n) is 10.9. The first-order chi connectivity index (χ1) is 10.1. The number of nitrogens with zero attached hydrogens (tertiary/aromatic N) is 2. The van der Waals surface area contributed by atoms with Crippen LogP contribution < -0.4 is 5.32 Å². The van der Waals surface area contributed by atoms with E-state index in [0.29, 0.717) is 12.1 Å². The molecule has 0 saturated heterocycles. The zero-order chi connectivity index (χ0) is 14.6. The van der Waals surface area contributed by atoms with Gasteiger partial charge in [-0.05, 0) is 30.2 Å². The number of nitro groups is 1. The van der Waals surface area contributed by atoms with Gasteiger partial charge in [0.05, 0.1) is 10.3 Å². The molecule has 2 aromatic rings. The molecule has 2 heterocycles. The number of benzene rings is 1. The highest BCUT2D eigenvalue weighted by Gasteiger charge is 2.66. The minimum absolute atomic E-state index is 0.0105. The molecule has 0 radical (unpaired) electrons. The molecular weight excluding hydrogens is 270 g/mol. The van der Waals surface area contributed by atoms with Gasteiger partial charge >= 0.3 is 0 Å². The molecule has 2 aliphatic rings. The zero-order valence-corrected chi connectivity index (χ0v) is 10.9. The Morgan fingerprint density at radius 1 is 1.33 bits per heavy atom. The van der Waals surface area contributed by atoms with Crippen LogP contribution in [-0.2, 0) is 10.2 Å². The molecule has 1 saturated carbocycles. The lowest BCUT2D eigenvalue weighted by Crippen LogP contribution is -2.21. The quantitative estimate of drug-likeness (QED) is 0.676. The van der Waals surface area contributed by atoms with E-state index in [-0.39, 0.29) is 17.5 Å². The van der Waals surface area contributed by atoms with E-state index in [1.54, 1.807) is 12.3 Å². The Kier molecular flexibility index (Phi) is 2.22. The van der Waals surface area contributed by atoms with Crippen molar-refractivity contribution < 1.29 is 9.72 Å². The van der Waals surface area contributed by atoms with Crippen LogP contribution >= 0.6 is 0 Å². The number of aromatic nitrogens is 1. The molecule has 6 heteroatoms. The Morgan fingerprint density at radius 3 is 2.90 bits per heavy atom. The van der Waals surface area contributed by atoms with E-state index in [2.05, 4.69) is 10.3 Å². The molecule has 1 aromatic carbocycles. The van der Waals surface area contributed by atoms with Crippen LogP contribution in [0.25, 0.3) is 0 Å². The van der Waals surface area contributed by atoms with E-state index in [1.165, 1.54) is 12.1 Å². The molecular formula is C15H11N3O3. The summed E-state index contributed by atoms with van der Waals surface area (Å²) in [6, 6.07) is 10.1. The standard InChI is InChI=1S/C15H11N3O3/c19-14-15(8-11(15)12-3-1-2-6-16-12)10-7-9(18(20)21)4-5-13(10)17-14/h1-7,11H,8H2,(H,17,19)/t11-,15-/m0/s1. The number of carbonyl (C=O) groups excluding carboxylic acids is 1. The number of carbonyl (C=O) groups is 1. The fourth-order valence-electron chi connectivity index (χ4n) is 3.23. The molecule has 1 aliphatic carbocycles. The predicted molar refractivity (Wildman–Crippen MR) is 75.0 cm³/mol. The summed E-state index contributed by atoms with van der Waals surface area (Å²) in [5, 5.41) is 13.8. The van der Waals surface area contributed by atoms with E-state index in [9.17, 15) is 14.9 Å². The third kappa shape index (κ3) is 1.53. The summed E-state index contributed by atoms with van der Waals surface area (Å²) in [5.41, 5.74) is 1.57. The Hall–Kier alpha value is -2.76. The molecule has 21 heavy (non-hydrogen) atoms. The van der Waals surface area contributed by atoms with Crippen LogP contribution in [0.2, 0.25) is 0 Å². The van der Waals surface area contributed by atoms with E-state index >= 15 is 0 Å². The Labute approximate surface area is 120 Å². The minimum Gasteiger partial charge on any atom is -0.325 e. The number of fused-ring (bicyclic) bond motifs is 2. The van der Waals surface area contributed by atoms with E-state index < -0.39 is 10.3 Å². The topological polar surface area (TPSA) is 85.1 Å². The van der Waals surface area contributed by atoms with Gasteiger partial charge in [-0.2, -0.15) is 0 Å². The molecule has 1 aromatic heterocycles. The van der Waals surface area contributed by atoms with Crippen molar-refractivity contribution >= 4 is 17.3 Å². The fourth-order valence-corrected chi connectivity index (χ4v) is 3.23. The molecule has 6 nitrogen and oxygen atoms in total. The van der Waals surface area contributed by atoms with Gasteiger partial charge in [0.15, 0.2) is 0 Å². The number of nitro benzene ring substituents is 1. The van der Waals surface area contributed by atoms with E-state index in [4.69, 9.17) is 0 Å². The highest BCUT2D eigenvalue weighted by atomic mass is 16.6. The number of pyridine rings is 1. The number of amides is 1. The number of non-ortho nitro benzene ring substituents is 1. The third-order valence-corrected chi connectivity index (χ3v) is 4.35. The molecule has 104 valence electrons. The van der Waals surface area contributed by atoms with Crippen LogP contribution in [0.3, 0.4) is 0 Å². The van der Waals surface area contributed by atoms with Crippen LogP contribution in [0.15, 0.2) is 42.6 Å². The molecule has 1 amide bonds. The van der Waals surface area contributed by atoms with Crippen LogP contribution in [0.5, 0.6) is 0 Å². The Balaban J connectivity index is 1.81. The number of hydrogen-bond acceptors (Lipinski definition) is 4. The van der Waals surface area contributed by atoms with Crippen LogP contribution in [0, 0.1) is 10.1 Å². The van der Waals surface area contributed by atoms with Crippen molar-refractivity contribution in [3.05, 3.63) is 64.0 Å². The first kappa shape index (κ1) is 12.0. The van der Waals surface area contributed by atoms with Gasteiger partial charge in [0.25, 0.3) is 5.69 Å². The smallest absolute Gasteiger partial charge is 0.269 e. The lowest BCUT2D eigenvalue weighted by atomic mass is 9.93. The molecule has 2 atom stereocenters. The number of nitrogens with one attached hydrogen (secondary N) is 1. The van der Waals surface area contributed by atoms with Crippen LogP contribution in [-0.4, -0.2) is 15.8 Å². The lowest BCUT2D eigenvalue weighted by Gasteiger charge is -2.07. The fraction of sp³-hybridized carbons (Fsp3) is 0.200. The number of hydrogen-bond donors (Lipinski definition) is 1. The highest BCUT2D eigenvalue weighted by Crippen LogP contribution is 2.64. The van der Waals surface area contributed by atoms with Gasteiger partial charge in [-0.3, -0.25) is 19.9 Å². The van der Waals surface area contributed by atoms with Crippen molar-refractivity contribution in [1.82, 2.24) is 4.98 Å². The van der Waals surface area contributed by atoms with Gasteiger partial charge in [0, 0.05) is 35.6 Å². The predicted octanol–water partition coefficient (Wildman–Crippen LogP) is 2.37. The lowest BCUT2D eigenvalue weighted by molar-refractivity contribution is -0.384. The molecule has 1 spiro atoms. The monoisotopic (exact) mass is 281 g/mol. The van der Waals surface area contributed by atoms with Crippen molar-refractivity contribution in [3.8, 4) is 0 Å². The second kappa shape index (κ2) is 3.88. The van der Waals surface area contributed by atoms with Gasteiger partial charge in [0.2, 0.25) is 5.91 Å². The molecule has 1 N–H and O–H groups in total. The van der Waals surface area contributed by atoms with Crippen molar-refractivity contribution in [2.24, 2.45) is 0 Å². The van der Waals surface area contributed by atoms with E-state index in [1.807, 2.05) is 18.2 Å². The van der Waals surface area contributed by atoms with Gasteiger partial charge in [-0.15, -0.1) is 0 Å². The maximum absolute atomic E-state index is 12.4. The molecule has 0 bridgehead atoms. The van der Waals surface area contributed by atoms with Gasteiger partial charge in [0.1, 0.15) is 0 Å². The molecule has 1 fully saturated rings. The second-order valence-electron chi connectivity index (χ2n) is 5.42. The number of anilines is 1. The number of rotatable bonds is 2. The Morgan fingerprint density at radius 2 is 2.19 bits per heavy atom. The molecule has 0 unspecified atom stereocenters. The second-order valence-corrected chi connectivity index (χ2v) is 5.42. The van der Waals surface area contributed by atoms with Gasteiger partial charge < -0.3 is 5.32 Å². The highest BCUT2D eigenvalue weighted by molar-refractivity contribution is 6.09. The van der Waals surface area contributed by atoms with Crippen molar-refractivity contribution in [1.29, 1.82) is 0 Å². The summed E-state index contributed by atoms with van der Waals surface area (Å²) in [5.74, 6) is -0.101. The first-order valence-corrected chi connectivity index (χ1v) is 6.64. The normalized spacial score (nSPS) is 25.5. The van der Waals surface area contributed by atoms with Crippen molar-refractivity contribution in [3.63, 3.8) is 0 Å². The summed E-state index contributed by atoms with van der Waals surface area (Å²) in [4.78, 5) is 27.2. The largest absolute Gasteiger partial charge is 0.325 e. The van der Waals surface area contributed by atoms with Crippen LogP contribution in [0.1, 0.15) is 23.6 Å². The SMILES string of the molecule is O=C1Nc2ccc([N+](=O)[O-])cc2[C@]12C[C@H]2c1ccccn1. The average molecular weight is 281 g/mol. The van der Waals surface area contributed by atoms with Crippen molar-refractivity contribution in [2.45, 2.75) is 17.8 Å². The summed E-state index contributed by atoms with van der Waals surface area (Å²) in [6.45, 7) is 0. The molecule has 1 aliphatic heterocycles. The summed E-state index contributed by atoms with van der Waals surface area (Å²) >= 11 is 0. The summed E-state index contributed by atoms with van der Waals surface area (Å²) in [7, 11) is 0. The third-order valence-electron chi connectivity index (χ3n) is 4.35. The maximum Gasteiger partial charge on any atom is 0.269 e. The molecule has 4 rings (SSSR count).